The van der Waals surface area contributed by atoms with Crippen molar-refractivity contribution in [2.24, 2.45) is 34.8 Å². The van der Waals surface area contributed by atoms with Crippen LogP contribution in [0.5, 0.6) is 0 Å². The van der Waals surface area contributed by atoms with Crippen LogP contribution in [0.3, 0.4) is 0 Å². The van der Waals surface area contributed by atoms with Gasteiger partial charge in [0.2, 0.25) is 23.1 Å². The highest BCUT2D eigenvalue weighted by Gasteiger charge is 2.74. The van der Waals surface area contributed by atoms with E-state index in [1.54, 1.807) is 0 Å². The van der Waals surface area contributed by atoms with Crippen molar-refractivity contribution in [2.45, 2.75) is 49.5 Å². The second-order valence-electron chi connectivity index (χ2n) is 13.4. The van der Waals surface area contributed by atoms with Gasteiger partial charge in [-0.05, 0) is 13.8 Å². The molecule has 0 spiro atoms. The molecule has 4 saturated heterocycles. The third-order valence-corrected chi connectivity index (χ3v) is 10.9. The monoisotopic (exact) mass is 784 g/mol. The summed E-state index contributed by atoms with van der Waals surface area (Å²) < 4.78 is 30.4. The molecule has 0 saturated carbocycles. The molecule has 6 heterocycles. The zero-order valence-electron chi connectivity index (χ0n) is 29.3. The van der Waals surface area contributed by atoms with Crippen LogP contribution in [0.4, 0.5) is 9.59 Å². The molecule has 54 heavy (non-hydrogen) atoms. The largest absolute Gasteiger partial charge is 0.466 e. The summed E-state index contributed by atoms with van der Waals surface area (Å²) in [5.74, 6) is -2.68. The van der Waals surface area contributed by atoms with Gasteiger partial charge in [0, 0.05) is 61.7 Å². The molecule has 0 aromatic rings. The van der Waals surface area contributed by atoms with E-state index in [1.165, 1.54) is 28.1 Å². The van der Waals surface area contributed by atoms with E-state index in [-0.39, 0.29) is 88.1 Å². The summed E-state index contributed by atoms with van der Waals surface area (Å²) in [6.45, 7) is 3.84. The Labute approximate surface area is 305 Å². The van der Waals surface area contributed by atoms with Gasteiger partial charge >= 0.3 is 20.0 Å². The van der Waals surface area contributed by atoms with Crippen molar-refractivity contribution in [3.8, 4) is 0 Å². The van der Waals surface area contributed by atoms with Crippen molar-refractivity contribution in [1.29, 1.82) is 0 Å². The number of allylic oxidation sites excluding steroid dienone is 4. The summed E-state index contributed by atoms with van der Waals surface area (Å²) in [5.41, 5.74) is 21.3. The predicted octanol–water partition coefficient (Wildman–Crippen LogP) is -5.06. The Morgan fingerprint density at radius 3 is 1.33 bits per heavy atom. The molecule has 23 nitrogen and oxygen atoms in total. The van der Waals surface area contributed by atoms with Gasteiger partial charge in [0.15, 0.2) is 11.4 Å². The number of primary amides is 2. The van der Waals surface area contributed by atoms with Gasteiger partial charge in [0.1, 0.15) is 13.2 Å². The molecule has 0 aromatic heterocycles. The third-order valence-electron chi connectivity index (χ3n) is 10.9. The van der Waals surface area contributed by atoms with E-state index in [4.69, 9.17) is 61.1 Å². The van der Waals surface area contributed by atoms with Crippen LogP contribution in [0.2, 0.25) is 0 Å². The molecule has 4 fully saturated rings. The maximum Gasteiger partial charge on any atom is 0.466 e. The summed E-state index contributed by atoms with van der Waals surface area (Å²) in [7, 11) is -1.60. The number of ketones is 4. The summed E-state index contributed by atoms with van der Waals surface area (Å²) in [6.07, 6.45) is -1.90. The lowest BCUT2D eigenvalue weighted by atomic mass is 9.82. The van der Waals surface area contributed by atoms with Crippen molar-refractivity contribution in [1.82, 2.24) is 20.4 Å². The number of carbonyl (C=O) groups excluding carboxylic acids is 6. The SMILES string of the molecule is CO[C@@]12[C@H](COC(N)=O)C3=C(C(=O)C(C)=C(N)C3=O)N1C[C@@H]1N[C@@H]12.CO[C@@]12[C@H](COC(N)=O)C3=C(C(=O)C(C)=C(N)C3=O)N1C[C@@H]1N[C@@H]12.O.O=P(O)(O)O. The zero-order chi connectivity index (χ0) is 39.3. The van der Waals surface area contributed by atoms with E-state index < -0.39 is 54.9 Å². The lowest BCUT2D eigenvalue weighted by molar-refractivity contribution is -0.137. The molecule has 8 aliphatic rings. The van der Waals surface area contributed by atoms with Crippen molar-refractivity contribution in [3.05, 3.63) is 45.1 Å². The number of nitrogens with zero attached hydrogens (tertiary/aromatic N) is 2. The van der Waals surface area contributed by atoms with Crippen LogP contribution in [-0.2, 0) is 42.7 Å². The molecule has 0 bridgehead atoms. The Kier molecular flexibility index (Phi) is 10.2. The molecule has 296 valence electrons. The fourth-order valence-electron chi connectivity index (χ4n) is 8.62. The van der Waals surface area contributed by atoms with Crippen molar-refractivity contribution in [3.63, 3.8) is 0 Å². The highest BCUT2D eigenvalue weighted by Crippen LogP contribution is 2.57. The summed E-state index contributed by atoms with van der Waals surface area (Å²) in [5, 5.41) is 6.56. The van der Waals surface area contributed by atoms with Gasteiger partial charge in [-0.1, -0.05) is 0 Å². The van der Waals surface area contributed by atoms with E-state index in [9.17, 15) is 28.8 Å². The summed E-state index contributed by atoms with van der Waals surface area (Å²) in [4.78, 5) is 98.4. The third kappa shape index (κ3) is 5.88. The molecular formula is C30H41N8O15P. The van der Waals surface area contributed by atoms with Crippen molar-refractivity contribution in [2.75, 3.05) is 40.5 Å². The molecular weight excluding hydrogens is 743 g/mol. The number of piperazine rings is 2. The Bertz CT molecular complexity index is 1810. The number of methoxy groups -OCH3 is 2. The van der Waals surface area contributed by atoms with Gasteiger partial charge < -0.3 is 82.5 Å². The maximum atomic E-state index is 12.8. The van der Waals surface area contributed by atoms with Gasteiger partial charge in [0.05, 0.1) is 46.7 Å². The number of nitrogens with two attached hydrogens (primary N) is 4. The molecule has 0 unspecified atom stereocenters. The molecule has 8 rings (SSSR count). The van der Waals surface area contributed by atoms with E-state index in [2.05, 4.69) is 10.6 Å². The van der Waals surface area contributed by atoms with Crippen LogP contribution in [0.1, 0.15) is 13.8 Å². The van der Waals surface area contributed by atoms with Gasteiger partial charge in [0.25, 0.3) is 0 Å². The van der Waals surface area contributed by atoms with Crippen molar-refractivity contribution >= 4 is 43.1 Å². The smallest absolute Gasteiger partial charge is 0.449 e. The van der Waals surface area contributed by atoms with E-state index in [1.807, 2.05) is 9.80 Å². The average molecular weight is 785 g/mol. The van der Waals surface area contributed by atoms with E-state index in [0.717, 1.165) is 0 Å². The molecule has 0 radical (unpaired) electrons. The van der Waals surface area contributed by atoms with Crippen LogP contribution in [-0.4, -0.2) is 141 Å². The molecule has 0 aromatic carbocycles. The Hall–Kier alpha value is -4.71. The number of hydrogen-bond acceptors (Lipinski definition) is 17. The van der Waals surface area contributed by atoms with Crippen LogP contribution >= 0.6 is 7.82 Å². The second-order valence-corrected chi connectivity index (χ2v) is 14.5. The van der Waals surface area contributed by atoms with Crippen molar-refractivity contribution < 1.29 is 72.4 Å². The number of fused-ring (bicyclic) bond motifs is 8. The highest BCUT2D eigenvalue weighted by atomic mass is 31.2. The first-order valence-corrected chi connectivity index (χ1v) is 17.7. The molecule has 6 aliphatic heterocycles. The number of carbonyl (C=O) groups is 6. The molecule has 8 atom stereocenters. The van der Waals surface area contributed by atoms with Crippen LogP contribution in [0, 0.1) is 11.8 Å². The molecule has 24 heteroatoms. The van der Waals surface area contributed by atoms with Crippen LogP contribution < -0.4 is 33.6 Å². The number of nitrogens with one attached hydrogen (secondary N) is 2. The second kappa shape index (κ2) is 13.5. The standard InChI is InChI=1S/2C15H18N4O5.H3O4P.H2O/c2*1-5-9(16)12(21)8-6(4-24-14(17)22)15(23-2)13-7(18-13)3-19(15)10(8)11(5)20;1-5(2,3)4;/h2*6-7,13,18H,3-4,16H2,1-2H3,(H2,17,22);(H3,1,2,3,4);1H2/t2*6-,7+,13+,15-;;/m11../s1. The summed E-state index contributed by atoms with van der Waals surface area (Å²) >= 11 is 0. The normalized spacial score (nSPS) is 33.8. The number of amides is 2. The topological polar surface area (TPSA) is 403 Å². The number of rotatable bonds is 6. The lowest BCUT2D eigenvalue weighted by Crippen LogP contribution is -2.55. The molecule has 2 aliphatic carbocycles. The number of phosphoric acid groups is 1. The molecule has 2 amide bonds. The fraction of sp³-hybridized carbons (Fsp3) is 0.533. The zero-order valence-corrected chi connectivity index (χ0v) is 30.2. The predicted molar refractivity (Wildman–Crippen MR) is 178 cm³/mol. The minimum absolute atomic E-state index is 0. The number of Topliss-reactive ketones (excluding diaryl/α,β-unsaturated/α-hetero) is 4. The van der Waals surface area contributed by atoms with Crippen LogP contribution in [0.25, 0.3) is 0 Å². The van der Waals surface area contributed by atoms with Gasteiger partial charge in [-0.2, -0.15) is 0 Å². The van der Waals surface area contributed by atoms with E-state index in [0.29, 0.717) is 24.5 Å². The molecule has 15 N–H and O–H groups in total. The van der Waals surface area contributed by atoms with Gasteiger partial charge in [-0.25, -0.2) is 14.2 Å². The first-order chi connectivity index (χ1) is 24.7. The Morgan fingerprint density at radius 1 is 0.741 bits per heavy atom. The first kappa shape index (κ1) is 40.5. The Balaban J connectivity index is 0.000000182. The lowest BCUT2D eigenvalue weighted by Gasteiger charge is -2.39. The quantitative estimate of drug-likeness (QED) is 0.0691. The minimum Gasteiger partial charge on any atom is -0.449 e. The Morgan fingerprint density at radius 2 is 1.06 bits per heavy atom. The van der Waals surface area contributed by atoms with Gasteiger partial charge in [-0.3, -0.25) is 19.2 Å². The first-order valence-electron chi connectivity index (χ1n) is 16.1. The van der Waals surface area contributed by atoms with Crippen LogP contribution in [0.15, 0.2) is 45.1 Å². The van der Waals surface area contributed by atoms with E-state index >= 15 is 0 Å². The highest BCUT2D eigenvalue weighted by molar-refractivity contribution is 7.45. The maximum absolute atomic E-state index is 12.8. The van der Waals surface area contributed by atoms with Gasteiger partial charge in [-0.15, -0.1) is 0 Å². The minimum atomic E-state index is -4.64. The number of ether oxygens (including phenoxy) is 4. The fourth-order valence-corrected chi connectivity index (χ4v) is 8.62. The summed E-state index contributed by atoms with van der Waals surface area (Å²) in [6, 6.07) is 0.219. The number of hydrogen-bond donors (Lipinski definition) is 9. The average Bonchev–Trinajstić information content (AvgIpc) is 3.92.